The number of fused-ring (bicyclic) bond motifs is 1. The molecule has 1 heterocycles. The van der Waals surface area contributed by atoms with Gasteiger partial charge in [0.05, 0.1) is 5.69 Å². The van der Waals surface area contributed by atoms with Gasteiger partial charge in [0, 0.05) is 22.6 Å². The van der Waals surface area contributed by atoms with Crippen molar-refractivity contribution in [2.45, 2.75) is 6.61 Å². The van der Waals surface area contributed by atoms with Crippen LogP contribution in [0.25, 0.3) is 22.0 Å². The molecule has 5 aromatic rings. The molecule has 0 saturated heterocycles. The molecule has 0 unspecified atom stereocenters. The average Bonchev–Trinajstić information content (AvgIpc) is 3.36. The van der Waals surface area contributed by atoms with E-state index in [1.807, 2.05) is 47.8 Å². The molecule has 4 aromatic carbocycles. The third kappa shape index (κ3) is 4.78. The lowest BCUT2D eigenvalue weighted by Gasteiger charge is -2.10. The number of thiazole rings is 1. The predicted molar refractivity (Wildman–Crippen MR) is 130 cm³/mol. The van der Waals surface area contributed by atoms with Crippen LogP contribution >= 0.6 is 11.3 Å². The first-order valence-corrected chi connectivity index (χ1v) is 11.6. The minimum absolute atomic E-state index is 0.109. The zero-order valence-corrected chi connectivity index (χ0v) is 19.2. The molecule has 0 atom stereocenters. The van der Waals surface area contributed by atoms with Gasteiger partial charge in [-0.2, -0.15) is 8.78 Å². The molecule has 0 saturated carbocycles. The molecule has 1 amide bonds. The molecular weight excluding hydrogens is 492 g/mol. The van der Waals surface area contributed by atoms with E-state index in [1.54, 1.807) is 0 Å². The van der Waals surface area contributed by atoms with E-state index < -0.39 is 34.9 Å². The van der Waals surface area contributed by atoms with E-state index in [1.165, 1.54) is 35.6 Å². The Labute approximate surface area is 206 Å². The van der Waals surface area contributed by atoms with E-state index in [4.69, 9.17) is 4.74 Å². The number of rotatable bonds is 6. The van der Waals surface area contributed by atoms with E-state index in [2.05, 4.69) is 10.3 Å². The summed E-state index contributed by atoms with van der Waals surface area (Å²) < 4.78 is 59.1. The molecule has 0 bridgehead atoms. The molecule has 0 radical (unpaired) electrons. The van der Waals surface area contributed by atoms with Crippen molar-refractivity contribution in [2.24, 2.45) is 0 Å². The van der Waals surface area contributed by atoms with Crippen molar-refractivity contribution in [3.05, 3.63) is 113 Å². The van der Waals surface area contributed by atoms with Crippen LogP contribution in [-0.4, -0.2) is 10.9 Å². The van der Waals surface area contributed by atoms with Crippen LogP contribution in [0.5, 0.6) is 5.75 Å². The SMILES string of the molecule is O=C(Nc1nc(-c2ccc3ccccc3c2)cs1)c1ccc(COc2c(F)c(F)cc(F)c2F)cc1. The molecule has 1 aromatic heterocycles. The van der Waals surface area contributed by atoms with Gasteiger partial charge in [0.2, 0.25) is 11.6 Å². The molecule has 180 valence electrons. The van der Waals surface area contributed by atoms with Crippen molar-refractivity contribution < 1.29 is 27.1 Å². The lowest BCUT2D eigenvalue weighted by molar-refractivity contribution is 0.102. The lowest BCUT2D eigenvalue weighted by atomic mass is 10.1. The molecule has 0 aliphatic heterocycles. The number of anilines is 1. The maximum atomic E-state index is 13.7. The molecule has 0 aliphatic carbocycles. The number of carbonyl (C=O) groups excluding carboxylic acids is 1. The van der Waals surface area contributed by atoms with Crippen LogP contribution in [0.1, 0.15) is 15.9 Å². The number of hydrogen-bond donors (Lipinski definition) is 1. The first-order chi connectivity index (χ1) is 17.4. The summed E-state index contributed by atoms with van der Waals surface area (Å²) in [6, 6.07) is 20.1. The summed E-state index contributed by atoms with van der Waals surface area (Å²) in [5.41, 5.74) is 2.42. The highest BCUT2D eigenvalue weighted by Crippen LogP contribution is 2.29. The van der Waals surface area contributed by atoms with E-state index in [0.717, 1.165) is 22.0 Å². The number of aromatic nitrogens is 1. The first kappa shape index (κ1) is 23.5. The van der Waals surface area contributed by atoms with Crippen LogP contribution in [0, 0.1) is 23.3 Å². The topological polar surface area (TPSA) is 51.2 Å². The zero-order valence-electron chi connectivity index (χ0n) is 18.4. The zero-order chi connectivity index (χ0) is 25.2. The van der Waals surface area contributed by atoms with Crippen LogP contribution in [0.2, 0.25) is 0 Å². The molecule has 0 fully saturated rings. The van der Waals surface area contributed by atoms with Crippen LogP contribution in [0.3, 0.4) is 0 Å². The van der Waals surface area contributed by atoms with Gasteiger partial charge in [-0.15, -0.1) is 11.3 Å². The second-order valence-electron chi connectivity index (χ2n) is 7.84. The molecule has 9 heteroatoms. The number of nitrogens with one attached hydrogen (secondary N) is 1. The summed E-state index contributed by atoms with van der Waals surface area (Å²) in [7, 11) is 0. The van der Waals surface area contributed by atoms with Gasteiger partial charge >= 0.3 is 0 Å². The Morgan fingerprint density at radius 2 is 1.56 bits per heavy atom. The highest BCUT2D eigenvalue weighted by Gasteiger charge is 2.20. The lowest BCUT2D eigenvalue weighted by Crippen LogP contribution is -2.11. The molecule has 36 heavy (non-hydrogen) atoms. The molecule has 5 rings (SSSR count). The summed E-state index contributed by atoms with van der Waals surface area (Å²) in [4.78, 5) is 17.1. The average molecular weight is 508 g/mol. The molecule has 0 aliphatic rings. The van der Waals surface area contributed by atoms with E-state index >= 15 is 0 Å². The van der Waals surface area contributed by atoms with Crippen LogP contribution < -0.4 is 10.1 Å². The van der Waals surface area contributed by atoms with E-state index in [-0.39, 0.29) is 12.7 Å². The number of halogens is 4. The third-order valence-electron chi connectivity index (χ3n) is 5.44. The fourth-order valence-corrected chi connectivity index (χ4v) is 4.28. The second kappa shape index (κ2) is 9.79. The minimum Gasteiger partial charge on any atom is -0.483 e. The summed E-state index contributed by atoms with van der Waals surface area (Å²) in [6.07, 6.45) is 0. The maximum absolute atomic E-state index is 13.7. The van der Waals surface area contributed by atoms with E-state index in [9.17, 15) is 22.4 Å². The summed E-state index contributed by atoms with van der Waals surface area (Å²) in [6.45, 7) is -0.361. The van der Waals surface area contributed by atoms with Crippen molar-refractivity contribution in [1.29, 1.82) is 0 Å². The number of ether oxygens (including phenoxy) is 1. The Morgan fingerprint density at radius 3 is 2.28 bits per heavy atom. The molecule has 4 nitrogen and oxygen atoms in total. The predicted octanol–water partition coefficient (Wildman–Crippen LogP) is 7.35. The standard InChI is InChI=1S/C27H16F4N2O2S/c28-20-12-21(29)24(31)25(23(20)30)35-13-15-5-7-17(8-6-15)26(34)33-27-32-22(14-36-27)19-10-9-16-3-1-2-4-18(16)11-19/h1-12,14H,13H2,(H,32,33,34). The van der Waals surface area contributed by atoms with Crippen LogP contribution in [0.15, 0.2) is 78.2 Å². The summed E-state index contributed by atoms with van der Waals surface area (Å²) in [5, 5.41) is 7.24. The number of nitrogens with zero attached hydrogens (tertiary/aromatic N) is 1. The quantitative estimate of drug-likeness (QED) is 0.193. The normalized spacial score (nSPS) is 11.0. The third-order valence-corrected chi connectivity index (χ3v) is 6.20. The number of hydrogen-bond acceptors (Lipinski definition) is 4. The van der Waals surface area contributed by atoms with Gasteiger partial charge in [0.1, 0.15) is 6.61 Å². The highest BCUT2D eigenvalue weighted by molar-refractivity contribution is 7.14. The van der Waals surface area contributed by atoms with Crippen molar-refractivity contribution in [1.82, 2.24) is 4.98 Å². The largest absolute Gasteiger partial charge is 0.483 e. The van der Waals surface area contributed by atoms with Crippen molar-refractivity contribution in [2.75, 3.05) is 5.32 Å². The highest BCUT2D eigenvalue weighted by atomic mass is 32.1. The molecular formula is C27H16F4N2O2S. The van der Waals surface area contributed by atoms with Crippen molar-refractivity contribution in [3.63, 3.8) is 0 Å². The van der Waals surface area contributed by atoms with Gasteiger partial charge in [0.15, 0.2) is 22.5 Å². The van der Waals surface area contributed by atoms with Crippen LogP contribution in [-0.2, 0) is 6.61 Å². The fraction of sp³-hybridized carbons (Fsp3) is 0.0370. The molecule has 1 N–H and O–H groups in total. The number of carbonyl (C=O) groups is 1. The Morgan fingerprint density at radius 1 is 0.861 bits per heavy atom. The number of amides is 1. The molecule has 0 spiro atoms. The van der Waals surface area contributed by atoms with Gasteiger partial charge < -0.3 is 4.74 Å². The number of benzene rings is 4. The summed E-state index contributed by atoms with van der Waals surface area (Å²) >= 11 is 1.29. The van der Waals surface area contributed by atoms with Crippen molar-refractivity contribution >= 4 is 33.1 Å². The van der Waals surface area contributed by atoms with Gasteiger partial charge in [-0.05, 0) is 34.5 Å². The Hall–Kier alpha value is -4.24. The van der Waals surface area contributed by atoms with Gasteiger partial charge in [-0.1, -0.05) is 48.5 Å². The Balaban J connectivity index is 1.24. The van der Waals surface area contributed by atoms with Crippen molar-refractivity contribution in [3.8, 4) is 17.0 Å². The monoisotopic (exact) mass is 508 g/mol. The van der Waals surface area contributed by atoms with E-state index in [0.29, 0.717) is 16.3 Å². The van der Waals surface area contributed by atoms with Gasteiger partial charge in [-0.25, -0.2) is 13.8 Å². The smallest absolute Gasteiger partial charge is 0.257 e. The first-order valence-electron chi connectivity index (χ1n) is 10.7. The second-order valence-corrected chi connectivity index (χ2v) is 8.69. The summed E-state index contributed by atoms with van der Waals surface area (Å²) in [5.74, 6) is -7.87. The Kier molecular flexibility index (Phi) is 6.39. The van der Waals surface area contributed by atoms with Gasteiger partial charge in [0.25, 0.3) is 5.91 Å². The Bertz CT molecular complexity index is 1560. The van der Waals surface area contributed by atoms with Gasteiger partial charge in [-0.3, -0.25) is 10.1 Å². The fourth-order valence-electron chi connectivity index (χ4n) is 3.57. The minimum atomic E-state index is -1.61. The maximum Gasteiger partial charge on any atom is 0.257 e. The van der Waals surface area contributed by atoms with Crippen LogP contribution in [0.4, 0.5) is 22.7 Å².